The summed E-state index contributed by atoms with van der Waals surface area (Å²) < 4.78 is 0. The molecule has 0 saturated heterocycles. The molecule has 0 aliphatic heterocycles. The first-order valence-electron chi connectivity index (χ1n) is 5.72. The fourth-order valence-electron chi connectivity index (χ4n) is 1.39. The molecule has 2 nitrogen and oxygen atoms in total. The summed E-state index contributed by atoms with van der Waals surface area (Å²) in [6.45, 7) is 15.7. The van der Waals surface area contributed by atoms with Gasteiger partial charge in [0.25, 0.3) is 0 Å². The molecule has 14 heavy (non-hydrogen) atoms. The van der Waals surface area contributed by atoms with Gasteiger partial charge in [-0.3, -0.25) is 0 Å². The minimum atomic E-state index is 0.332. The summed E-state index contributed by atoms with van der Waals surface area (Å²) in [6.07, 6.45) is 0. The van der Waals surface area contributed by atoms with Crippen molar-refractivity contribution in [1.82, 2.24) is 10.2 Å². The second kappa shape index (κ2) is 5.72. The van der Waals surface area contributed by atoms with Crippen LogP contribution in [0.25, 0.3) is 0 Å². The molecule has 0 aromatic heterocycles. The molecule has 1 unspecified atom stereocenters. The van der Waals surface area contributed by atoms with E-state index >= 15 is 0 Å². The second-order valence-corrected chi connectivity index (χ2v) is 5.51. The highest BCUT2D eigenvalue weighted by atomic mass is 15.1. The van der Waals surface area contributed by atoms with E-state index < -0.39 is 0 Å². The highest BCUT2D eigenvalue weighted by Crippen LogP contribution is 2.20. The molecule has 0 bridgehead atoms. The second-order valence-electron chi connectivity index (χ2n) is 5.51. The number of nitrogens with one attached hydrogen (secondary N) is 1. The van der Waals surface area contributed by atoms with Gasteiger partial charge in [0.1, 0.15) is 0 Å². The Morgan fingerprint density at radius 1 is 1.21 bits per heavy atom. The molecule has 0 fully saturated rings. The molecule has 86 valence electrons. The molecule has 0 aliphatic rings. The van der Waals surface area contributed by atoms with E-state index in [1.54, 1.807) is 0 Å². The van der Waals surface area contributed by atoms with Crippen molar-refractivity contribution in [2.75, 3.05) is 20.1 Å². The fraction of sp³-hybridized carbons (Fsp3) is 1.00. The van der Waals surface area contributed by atoms with Gasteiger partial charge in [-0.1, -0.05) is 27.7 Å². The average molecular weight is 200 g/mol. The Labute approximate surface area is 90.1 Å². The molecule has 0 aromatic carbocycles. The lowest BCUT2D eigenvalue weighted by Gasteiger charge is -2.36. The number of nitrogens with zero attached hydrogens (tertiary/aromatic N) is 1. The van der Waals surface area contributed by atoms with Gasteiger partial charge in [-0.15, -0.1) is 0 Å². The quantitative estimate of drug-likeness (QED) is 0.733. The van der Waals surface area contributed by atoms with Crippen molar-refractivity contribution in [2.24, 2.45) is 5.41 Å². The zero-order valence-corrected chi connectivity index (χ0v) is 11.0. The van der Waals surface area contributed by atoms with E-state index in [1.165, 1.54) is 0 Å². The van der Waals surface area contributed by atoms with Crippen molar-refractivity contribution < 1.29 is 0 Å². The van der Waals surface area contributed by atoms with Crippen LogP contribution >= 0.6 is 0 Å². The fourth-order valence-corrected chi connectivity index (χ4v) is 1.39. The van der Waals surface area contributed by atoms with Gasteiger partial charge in [-0.25, -0.2) is 0 Å². The Kier molecular flexibility index (Phi) is 5.68. The third-order valence-corrected chi connectivity index (χ3v) is 2.85. The van der Waals surface area contributed by atoms with E-state index in [4.69, 9.17) is 0 Å². The van der Waals surface area contributed by atoms with Crippen LogP contribution in [-0.4, -0.2) is 37.1 Å². The number of hydrogen-bond donors (Lipinski definition) is 1. The summed E-state index contributed by atoms with van der Waals surface area (Å²) in [5, 5.41) is 3.57. The van der Waals surface area contributed by atoms with E-state index in [2.05, 4.69) is 58.8 Å². The van der Waals surface area contributed by atoms with E-state index in [-0.39, 0.29) is 0 Å². The SMILES string of the molecule is CCNC(CN(C)C(C)C)C(C)(C)C. The minimum absolute atomic E-state index is 0.332. The largest absolute Gasteiger partial charge is 0.312 e. The van der Waals surface area contributed by atoms with Gasteiger partial charge in [0.2, 0.25) is 0 Å². The molecule has 0 amide bonds. The molecule has 0 aliphatic carbocycles. The van der Waals surface area contributed by atoms with Crippen LogP contribution in [-0.2, 0) is 0 Å². The Morgan fingerprint density at radius 3 is 2.00 bits per heavy atom. The van der Waals surface area contributed by atoms with Gasteiger partial charge in [0, 0.05) is 18.6 Å². The Hall–Kier alpha value is -0.0800. The normalized spacial score (nSPS) is 15.2. The summed E-state index contributed by atoms with van der Waals surface area (Å²) in [4.78, 5) is 2.40. The number of hydrogen-bond acceptors (Lipinski definition) is 2. The lowest BCUT2D eigenvalue weighted by Crippen LogP contribution is -2.49. The predicted octanol–water partition coefficient (Wildman–Crippen LogP) is 2.35. The highest BCUT2D eigenvalue weighted by molar-refractivity contribution is 4.83. The van der Waals surface area contributed by atoms with Crippen LogP contribution < -0.4 is 5.32 Å². The maximum absolute atomic E-state index is 3.57. The van der Waals surface area contributed by atoms with Crippen LogP contribution in [0.4, 0.5) is 0 Å². The van der Waals surface area contributed by atoms with Crippen molar-refractivity contribution in [3.05, 3.63) is 0 Å². The highest BCUT2D eigenvalue weighted by Gasteiger charge is 2.25. The molecule has 0 heterocycles. The molecule has 0 saturated carbocycles. The van der Waals surface area contributed by atoms with Crippen LogP contribution in [0.15, 0.2) is 0 Å². The molecule has 1 atom stereocenters. The average Bonchev–Trinajstić information content (AvgIpc) is 2.01. The van der Waals surface area contributed by atoms with Gasteiger partial charge >= 0.3 is 0 Å². The molecular formula is C12H28N2. The van der Waals surface area contributed by atoms with Crippen molar-refractivity contribution in [3.63, 3.8) is 0 Å². The van der Waals surface area contributed by atoms with E-state index in [9.17, 15) is 0 Å². The summed E-state index contributed by atoms with van der Waals surface area (Å²) in [5.74, 6) is 0. The van der Waals surface area contributed by atoms with Crippen LogP contribution in [0.5, 0.6) is 0 Å². The number of likely N-dealkylation sites (N-methyl/N-ethyl adjacent to an activating group) is 2. The predicted molar refractivity (Wildman–Crippen MR) is 64.7 cm³/mol. The molecule has 1 N–H and O–H groups in total. The maximum Gasteiger partial charge on any atom is 0.0243 e. The van der Waals surface area contributed by atoms with Gasteiger partial charge in [0.15, 0.2) is 0 Å². The first kappa shape index (κ1) is 13.9. The van der Waals surface area contributed by atoms with Gasteiger partial charge in [0.05, 0.1) is 0 Å². The van der Waals surface area contributed by atoms with E-state index in [0.29, 0.717) is 17.5 Å². The van der Waals surface area contributed by atoms with Crippen LogP contribution in [0.2, 0.25) is 0 Å². The lowest BCUT2D eigenvalue weighted by atomic mass is 9.86. The molecular weight excluding hydrogens is 172 g/mol. The third-order valence-electron chi connectivity index (χ3n) is 2.85. The van der Waals surface area contributed by atoms with E-state index in [1.807, 2.05) is 0 Å². The third kappa shape index (κ3) is 4.97. The summed E-state index contributed by atoms with van der Waals surface area (Å²) in [5.41, 5.74) is 0.332. The van der Waals surface area contributed by atoms with Crippen molar-refractivity contribution in [1.29, 1.82) is 0 Å². The summed E-state index contributed by atoms with van der Waals surface area (Å²) in [6, 6.07) is 1.19. The molecule has 0 rings (SSSR count). The lowest BCUT2D eigenvalue weighted by molar-refractivity contribution is 0.173. The first-order valence-corrected chi connectivity index (χ1v) is 5.72. The van der Waals surface area contributed by atoms with Crippen molar-refractivity contribution in [2.45, 2.75) is 53.6 Å². The van der Waals surface area contributed by atoms with Crippen molar-refractivity contribution >= 4 is 0 Å². The molecule has 2 heteroatoms. The Balaban J connectivity index is 4.23. The zero-order chi connectivity index (χ0) is 11.4. The van der Waals surface area contributed by atoms with E-state index in [0.717, 1.165) is 13.1 Å². The Bertz CT molecular complexity index is 147. The Morgan fingerprint density at radius 2 is 1.71 bits per heavy atom. The van der Waals surface area contributed by atoms with Crippen LogP contribution in [0, 0.1) is 5.41 Å². The maximum atomic E-state index is 3.57. The molecule has 0 aromatic rings. The van der Waals surface area contributed by atoms with Gasteiger partial charge in [-0.2, -0.15) is 0 Å². The first-order chi connectivity index (χ1) is 6.29. The smallest absolute Gasteiger partial charge is 0.0243 e. The topological polar surface area (TPSA) is 15.3 Å². The standard InChI is InChI=1S/C12H28N2/c1-8-13-11(12(4,5)6)9-14(7)10(2)3/h10-11,13H,8-9H2,1-7H3. The van der Waals surface area contributed by atoms with Crippen molar-refractivity contribution in [3.8, 4) is 0 Å². The van der Waals surface area contributed by atoms with Gasteiger partial charge in [-0.05, 0) is 32.9 Å². The summed E-state index contributed by atoms with van der Waals surface area (Å²) >= 11 is 0. The minimum Gasteiger partial charge on any atom is -0.312 e. The summed E-state index contributed by atoms with van der Waals surface area (Å²) in [7, 11) is 2.20. The van der Waals surface area contributed by atoms with Crippen LogP contribution in [0.3, 0.4) is 0 Å². The van der Waals surface area contributed by atoms with Crippen LogP contribution in [0.1, 0.15) is 41.5 Å². The molecule has 0 spiro atoms. The molecule has 0 radical (unpaired) electrons. The monoisotopic (exact) mass is 200 g/mol. The zero-order valence-electron chi connectivity index (χ0n) is 11.0. The van der Waals surface area contributed by atoms with Gasteiger partial charge < -0.3 is 10.2 Å². The number of rotatable bonds is 5.